The summed E-state index contributed by atoms with van der Waals surface area (Å²) < 4.78 is 0. The molecule has 2 aromatic heterocycles. The van der Waals surface area contributed by atoms with Crippen LogP contribution in [0, 0.1) is 34.6 Å². The summed E-state index contributed by atoms with van der Waals surface area (Å²) in [6, 6.07) is 0. The number of hydrogen-bond donors (Lipinski definition) is 0. The first-order chi connectivity index (χ1) is 6.52. The Morgan fingerprint density at radius 1 is 0.857 bits per heavy atom. The number of thiophene rings is 1. The molecule has 0 spiro atoms. The smallest absolute Gasteiger partial charge is 0.124 e. The molecule has 0 aliphatic carbocycles. The number of nitrogens with zero attached hydrogens (tertiary/aromatic N) is 1. The Morgan fingerprint density at radius 3 is 2.14 bits per heavy atom. The van der Waals surface area contributed by atoms with E-state index in [2.05, 4.69) is 39.6 Å². The molecule has 1 nitrogen and oxygen atoms in total. The zero-order chi connectivity index (χ0) is 10.5. The first-order valence-corrected chi connectivity index (χ1v) is 5.67. The number of fused-ring (bicyclic) bond motifs is 1. The lowest BCUT2D eigenvalue weighted by molar-refractivity contribution is 1.17. The predicted molar refractivity (Wildman–Crippen MR) is 63.3 cm³/mol. The van der Waals surface area contributed by atoms with Crippen molar-refractivity contribution in [1.82, 2.24) is 4.98 Å². The van der Waals surface area contributed by atoms with Gasteiger partial charge in [0.05, 0.1) is 0 Å². The predicted octanol–water partition coefficient (Wildman–Crippen LogP) is 3.84. The number of rotatable bonds is 0. The lowest BCUT2D eigenvalue weighted by Crippen LogP contribution is -1.91. The standard InChI is InChI=1S/C12H15NS/c1-6-7(2)11-8(3)10(5)14-12(11)13-9(6)4/h1-5H3. The van der Waals surface area contributed by atoms with Crippen LogP contribution >= 0.6 is 11.3 Å². The van der Waals surface area contributed by atoms with Gasteiger partial charge in [-0.15, -0.1) is 11.3 Å². The molecule has 74 valence electrons. The molecule has 0 aromatic carbocycles. The Bertz CT molecular complexity index is 509. The van der Waals surface area contributed by atoms with Crippen LogP contribution in [0.1, 0.15) is 27.3 Å². The topological polar surface area (TPSA) is 12.9 Å². The molecular formula is C12H15NS. The summed E-state index contributed by atoms with van der Waals surface area (Å²) in [6.07, 6.45) is 0. The van der Waals surface area contributed by atoms with Crippen LogP contribution in [-0.2, 0) is 0 Å². The summed E-state index contributed by atoms with van der Waals surface area (Å²) in [4.78, 5) is 7.22. The van der Waals surface area contributed by atoms with Gasteiger partial charge >= 0.3 is 0 Å². The summed E-state index contributed by atoms with van der Waals surface area (Å²) in [5, 5.41) is 1.37. The number of aryl methyl sites for hydroxylation is 4. The average Bonchev–Trinajstić information content (AvgIpc) is 2.39. The van der Waals surface area contributed by atoms with Crippen molar-refractivity contribution in [3.05, 3.63) is 27.3 Å². The third-order valence-corrected chi connectivity index (χ3v) is 4.22. The molecule has 0 N–H and O–H groups in total. The molecular weight excluding hydrogens is 190 g/mol. The van der Waals surface area contributed by atoms with Crippen molar-refractivity contribution in [2.24, 2.45) is 0 Å². The van der Waals surface area contributed by atoms with Gasteiger partial charge in [-0.3, -0.25) is 0 Å². The van der Waals surface area contributed by atoms with Gasteiger partial charge in [0.1, 0.15) is 4.83 Å². The van der Waals surface area contributed by atoms with Gasteiger partial charge < -0.3 is 0 Å². The summed E-state index contributed by atoms with van der Waals surface area (Å²) in [6.45, 7) is 10.8. The first kappa shape index (κ1) is 9.66. The Hall–Kier alpha value is -0.890. The van der Waals surface area contributed by atoms with Gasteiger partial charge in [0, 0.05) is 16.0 Å². The van der Waals surface area contributed by atoms with Crippen LogP contribution in [0.2, 0.25) is 0 Å². The normalized spacial score (nSPS) is 11.2. The van der Waals surface area contributed by atoms with Gasteiger partial charge in [-0.1, -0.05) is 0 Å². The van der Waals surface area contributed by atoms with Crippen molar-refractivity contribution in [2.45, 2.75) is 34.6 Å². The van der Waals surface area contributed by atoms with Crippen molar-refractivity contribution in [3.63, 3.8) is 0 Å². The second-order valence-corrected chi connectivity index (χ2v) is 5.11. The molecule has 2 heteroatoms. The maximum atomic E-state index is 4.64. The van der Waals surface area contributed by atoms with Gasteiger partial charge in [-0.05, 0) is 51.3 Å². The van der Waals surface area contributed by atoms with Gasteiger partial charge in [0.15, 0.2) is 0 Å². The third kappa shape index (κ3) is 1.17. The van der Waals surface area contributed by atoms with E-state index in [9.17, 15) is 0 Å². The molecule has 14 heavy (non-hydrogen) atoms. The highest BCUT2D eigenvalue weighted by molar-refractivity contribution is 7.18. The van der Waals surface area contributed by atoms with E-state index in [1.807, 2.05) is 0 Å². The second kappa shape index (κ2) is 3.06. The average molecular weight is 205 g/mol. The maximum Gasteiger partial charge on any atom is 0.124 e. The highest BCUT2D eigenvalue weighted by atomic mass is 32.1. The minimum Gasteiger partial charge on any atom is -0.242 e. The molecule has 0 amide bonds. The van der Waals surface area contributed by atoms with Crippen molar-refractivity contribution in [3.8, 4) is 0 Å². The zero-order valence-electron chi connectivity index (χ0n) is 9.36. The lowest BCUT2D eigenvalue weighted by atomic mass is 10.0. The van der Waals surface area contributed by atoms with Gasteiger partial charge in [-0.25, -0.2) is 4.98 Å². The van der Waals surface area contributed by atoms with Crippen molar-refractivity contribution >= 4 is 21.6 Å². The molecule has 2 heterocycles. The van der Waals surface area contributed by atoms with E-state index in [0.717, 1.165) is 5.69 Å². The van der Waals surface area contributed by atoms with E-state index in [-0.39, 0.29) is 0 Å². The highest BCUT2D eigenvalue weighted by Gasteiger charge is 2.11. The van der Waals surface area contributed by atoms with Crippen LogP contribution in [0.25, 0.3) is 10.2 Å². The van der Waals surface area contributed by atoms with E-state index in [1.54, 1.807) is 11.3 Å². The molecule has 0 fully saturated rings. The van der Waals surface area contributed by atoms with Crippen molar-refractivity contribution < 1.29 is 0 Å². The van der Waals surface area contributed by atoms with Crippen LogP contribution in [0.3, 0.4) is 0 Å². The third-order valence-electron chi connectivity index (χ3n) is 3.12. The fourth-order valence-electron chi connectivity index (χ4n) is 1.82. The Morgan fingerprint density at radius 2 is 1.50 bits per heavy atom. The summed E-state index contributed by atoms with van der Waals surface area (Å²) >= 11 is 1.80. The number of hydrogen-bond acceptors (Lipinski definition) is 2. The SMILES string of the molecule is Cc1nc2sc(C)c(C)c2c(C)c1C. The zero-order valence-corrected chi connectivity index (χ0v) is 10.2. The van der Waals surface area contributed by atoms with Crippen LogP contribution < -0.4 is 0 Å². The minimum atomic E-state index is 1.16. The molecule has 0 atom stereocenters. The highest BCUT2D eigenvalue weighted by Crippen LogP contribution is 2.33. The van der Waals surface area contributed by atoms with E-state index < -0.39 is 0 Å². The molecule has 0 bridgehead atoms. The molecule has 0 saturated carbocycles. The molecule has 0 aliphatic heterocycles. The van der Waals surface area contributed by atoms with Crippen molar-refractivity contribution in [1.29, 1.82) is 0 Å². The quantitative estimate of drug-likeness (QED) is 0.637. The fourth-order valence-corrected chi connectivity index (χ4v) is 2.96. The molecule has 0 unspecified atom stereocenters. The number of pyridine rings is 1. The molecule has 2 rings (SSSR count). The van der Waals surface area contributed by atoms with E-state index >= 15 is 0 Å². The van der Waals surface area contributed by atoms with Crippen LogP contribution in [0.15, 0.2) is 0 Å². The molecule has 2 aromatic rings. The van der Waals surface area contributed by atoms with E-state index in [0.29, 0.717) is 0 Å². The van der Waals surface area contributed by atoms with Gasteiger partial charge in [0.2, 0.25) is 0 Å². The van der Waals surface area contributed by atoms with Crippen LogP contribution in [0.5, 0.6) is 0 Å². The Labute approximate surface area is 88.8 Å². The second-order valence-electron chi connectivity index (χ2n) is 3.91. The Kier molecular flexibility index (Phi) is 2.11. The molecule has 0 saturated heterocycles. The van der Waals surface area contributed by atoms with Crippen LogP contribution in [-0.4, -0.2) is 4.98 Å². The minimum absolute atomic E-state index is 1.16. The monoisotopic (exact) mass is 205 g/mol. The van der Waals surface area contributed by atoms with Gasteiger partial charge in [-0.2, -0.15) is 0 Å². The Balaban J connectivity index is 2.99. The summed E-state index contributed by atoms with van der Waals surface area (Å²) in [5.41, 5.74) is 5.29. The lowest BCUT2D eigenvalue weighted by Gasteiger charge is -2.05. The summed E-state index contributed by atoms with van der Waals surface area (Å²) in [5.74, 6) is 0. The number of aromatic nitrogens is 1. The summed E-state index contributed by atoms with van der Waals surface area (Å²) in [7, 11) is 0. The molecule has 0 aliphatic rings. The maximum absolute atomic E-state index is 4.64. The molecule has 0 radical (unpaired) electrons. The fraction of sp³-hybridized carbons (Fsp3) is 0.417. The van der Waals surface area contributed by atoms with Crippen LogP contribution in [0.4, 0.5) is 0 Å². The van der Waals surface area contributed by atoms with Gasteiger partial charge in [0.25, 0.3) is 0 Å². The first-order valence-electron chi connectivity index (χ1n) is 4.86. The largest absolute Gasteiger partial charge is 0.242 e. The van der Waals surface area contributed by atoms with E-state index in [1.165, 1.54) is 31.8 Å². The van der Waals surface area contributed by atoms with Crippen molar-refractivity contribution in [2.75, 3.05) is 0 Å². The van der Waals surface area contributed by atoms with E-state index in [4.69, 9.17) is 0 Å².